The standard InChI is InChI=1S/C23H22ClNO2/c1-25-11-10-16-12-21(24)22(26)13-19(16)20(14-25)17-8-4-5-9-18(17)23(27)15-6-2-3-7-15/h2-9,12-13,15,20,26H,10-11,14H2,1H3. The maximum absolute atomic E-state index is 13.1. The van der Waals surface area contributed by atoms with Crippen LogP contribution in [0.3, 0.4) is 0 Å². The molecule has 2 aromatic carbocycles. The lowest BCUT2D eigenvalue weighted by Gasteiger charge is -2.24. The molecule has 138 valence electrons. The largest absolute Gasteiger partial charge is 0.506 e. The van der Waals surface area contributed by atoms with Gasteiger partial charge in [0.15, 0.2) is 5.78 Å². The molecule has 0 radical (unpaired) electrons. The van der Waals surface area contributed by atoms with Crippen molar-refractivity contribution in [2.45, 2.75) is 12.3 Å². The Labute approximate surface area is 164 Å². The second-order valence-electron chi connectivity index (χ2n) is 7.31. The highest BCUT2D eigenvalue weighted by Crippen LogP contribution is 2.38. The molecule has 0 fully saturated rings. The summed E-state index contributed by atoms with van der Waals surface area (Å²) < 4.78 is 0. The number of likely N-dealkylation sites (N-methyl/N-ethyl adjacent to an activating group) is 1. The summed E-state index contributed by atoms with van der Waals surface area (Å²) in [4.78, 5) is 15.4. The molecule has 0 bridgehead atoms. The van der Waals surface area contributed by atoms with Gasteiger partial charge in [-0.2, -0.15) is 0 Å². The van der Waals surface area contributed by atoms with Gasteiger partial charge in [0.1, 0.15) is 5.75 Å². The molecule has 1 N–H and O–H groups in total. The first kappa shape index (κ1) is 18.0. The number of rotatable bonds is 3. The van der Waals surface area contributed by atoms with Crippen LogP contribution in [0.2, 0.25) is 5.02 Å². The van der Waals surface area contributed by atoms with Crippen LogP contribution < -0.4 is 0 Å². The number of phenolic OH excluding ortho intramolecular Hbond substituents is 1. The summed E-state index contributed by atoms with van der Waals surface area (Å²) in [6.07, 6.45) is 8.56. The molecular formula is C23H22ClNO2. The fraction of sp³-hybridized carbons (Fsp3) is 0.261. The van der Waals surface area contributed by atoms with Crippen molar-refractivity contribution in [2.75, 3.05) is 20.1 Å². The average molecular weight is 380 g/mol. The third kappa shape index (κ3) is 3.45. The molecule has 2 aliphatic rings. The summed E-state index contributed by atoms with van der Waals surface area (Å²) in [6, 6.07) is 11.5. The molecule has 4 heteroatoms. The second-order valence-corrected chi connectivity index (χ2v) is 7.72. The minimum atomic E-state index is -0.201. The molecule has 0 amide bonds. The first-order valence-corrected chi connectivity index (χ1v) is 9.60. The molecule has 2 aromatic rings. The molecule has 1 aliphatic heterocycles. The quantitative estimate of drug-likeness (QED) is 0.793. The van der Waals surface area contributed by atoms with E-state index in [1.54, 1.807) is 6.07 Å². The molecule has 0 aromatic heterocycles. The number of nitrogens with zero attached hydrogens (tertiary/aromatic N) is 1. The van der Waals surface area contributed by atoms with E-state index in [9.17, 15) is 9.90 Å². The number of phenols is 1. The van der Waals surface area contributed by atoms with Crippen LogP contribution >= 0.6 is 11.6 Å². The fourth-order valence-corrected chi connectivity index (χ4v) is 4.24. The van der Waals surface area contributed by atoms with Gasteiger partial charge in [-0.05, 0) is 42.3 Å². The zero-order valence-electron chi connectivity index (χ0n) is 15.2. The Morgan fingerprint density at radius 3 is 2.67 bits per heavy atom. The van der Waals surface area contributed by atoms with Gasteiger partial charge in [0.05, 0.1) is 10.9 Å². The van der Waals surface area contributed by atoms with Gasteiger partial charge in [0.2, 0.25) is 0 Å². The van der Waals surface area contributed by atoms with Gasteiger partial charge in [0.25, 0.3) is 0 Å². The minimum Gasteiger partial charge on any atom is -0.506 e. The van der Waals surface area contributed by atoms with Crippen molar-refractivity contribution in [1.82, 2.24) is 4.90 Å². The van der Waals surface area contributed by atoms with Gasteiger partial charge in [-0.3, -0.25) is 4.79 Å². The zero-order chi connectivity index (χ0) is 19.0. The van der Waals surface area contributed by atoms with Crippen molar-refractivity contribution >= 4 is 17.4 Å². The Balaban J connectivity index is 1.83. The summed E-state index contributed by atoms with van der Waals surface area (Å²) in [5.41, 5.74) is 3.95. The molecule has 1 heterocycles. The number of allylic oxidation sites excluding steroid dienone is 4. The van der Waals surface area contributed by atoms with Crippen molar-refractivity contribution < 1.29 is 9.90 Å². The molecule has 0 spiro atoms. The number of carbonyl (C=O) groups is 1. The number of benzene rings is 2. The molecule has 1 aliphatic carbocycles. The summed E-state index contributed by atoms with van der Waals surface area (Å²) in [7, 11) is 2.09. The van der Waals surface area contributed by atoms with Gasteiger partial charge >= 0.3 is 0 Å². The lowest BCUT2D eigenvalue weighted by Crippen LogP contribution is -2.25. The first-order valence-electron chi connectivity index (χ1n) is 9.22. The van der Waals surface area contributed by atoms with E-state index >= 15 is 0 Å². The number of halogens is 1. The highest BCUT2D eigenvalue weighted by molar-refractivity contribution is 6.32. The van der Waals surface area contributed by atoms with Gasteiger partial charge in [-0.15, -0.1) is 0 Å². The number of hydrogen-bond donors (Lipinski definition) is 1. The Kier molecular flexibility index (Phi) is 4.90. The van der Waals surface area contributed by atoms with Crippen LogP contribution in [0.4, 0.5) is 0 Å². The lowest BCUT2D eigenvalue weighted by atomic mass is 9.83. The van der Waals surface area contributed by atoms with Crippen LogP contribution in [-0.4, -0.2) is 35.9 Å². The van der Waals surface area contributed by atoms with E-state index in [-0.39, 0.29) is 23.4 Å². The predicted molar refractivity (Wildman–Crippen MR) is 109 cm³/mol. The van der Waals surface area contributed by atoms with Gasteiger partial charge in [-0.1, -0.05) is 60.2 Å². The minimum absolute atomic E-state index is 0.00480. The van der Waals surface area contributed by atoms with Crippen molar-refractivity contribution in [1.29, 1.82) is 0 Å². The van der Waals surface area contributed by atoms with E-state index < -0.39 is 0 Å². The molecule has 27 heavy (non-hydrogen) atoms. The van der Waals surface area contributed by atoms with Crippen LogP contribution in [0, 0.1) is 5.92 Å². The number of aromatic hydroxyl groups is 1. The normalized spacial score (nSPS) is 19.9. The zero-order valence-corrected chi connectivity index (χ0v) is 16.0. The maximum atomic E-state index is 13.1. The molecule has 4 rings (SSSR count). The Morgan fingerprint density at radius 1 is 1.15 bits per heavy atom. The van der Waals surface area contributed by atoms with Gasteiger partial charge in [-0.25, -0.2) is 0 Å². The number of hydrogen-bond acceptors (Lipinski definition) is 3. The van der Waals surface area contributed by atoms with Crippen LogP contribution in [0.25, 0.3) is 0 Å². The third-order valence-electron chi connectivity index (χ3n) is 5.49. The summed E-state index contributed by atoms with van der Waals surface area (Å²) in [6.45, 7) is 1.70. The van der Waals surface area contributed by atoms with E-state index in [0.29, 0.717) is 5.02 Å². The first-order chi connectivity index (χ1) is 13.0. The molecule has 3 nitrogen and oxygen atoms in total. The topological polar surface area (TPSA) is 40.5 Å². The second kappa shape index (κ2) is 7.34. The van der Waals surface area contributed by atoms with Crippen LogP contribution in [0.15, 0.2) is 60.7 Å². The Hall–Kier alpha value is -2.36. The van der Waals surface area contributed by atoms with E-state index in [2.05, 4.69) is 11.9 Å². The van der Waals surface area contributed by atoms with E-state index in [4.69, 9.17) is 11.6 Å². The molecule has 1 atom stereocenters. The van der Waals surface area contributed by atoms with Crippen molar-refractivity contribution in [3.63, 3.8) is 0 Å². The smallest absolute Gasteiger partial charge is 0.173 e. The van der Waals surface area contributed by atoms with Crippen LogP contribution in [0.5, 0.6) is 5.75 Å². The van der Waals surface area contributed by atoms with Crippen molar-refractivity contribution in [3.05, 3.63) is 88.0 Å². The molecule has 1 unspecified atom stereocenters. The SMILES string of the molecule is CN1CCc2cc(Cl)c(O)cc2C(c2ccccc2C(=O)C2C=CC=C2)C1. The molecule has 0 saturated carbocycles. The van der Waals surface area contributed by atoms with E-state index in [1.807, 2.05) is 54.6 Å². The van der Waals surface area contributed by atoms with Gasteiger partial charge < -0.3 is 10.0 Å². The third-order valence-corrected chi connectivity index (χ3v) is 5.80. The molecule has 0 saturated heterocycles. The predicted octanol–water partition coefficient (Wildman–Crippen LogP) is 4.59. The highest BCUT2D eigenvalue weighted by Gasteiger charge is 2.28. The van der Waals surface area contributed by atoms with Crippen LogP contribution in [-0.2, 0) is 6.42 Å². The van der Waals surface area contributed by atoms with Crippen LogP contribution in [0.1, 0.15) is 33.0 Å². The molecular weight excluding hydrogens is 358 g/mol. The monoisotopic (exact) mass is 379 g/mol. The van der Waals surface area contributed by atoms with Gasteiger partial charge in [0, 0.05) is 24.6 Å². The number of ketones is 1. The fourth-order valence-electron chi connectivity index (χ4n) is 4.05. The van der Waals surface area contributed by atoms with Crippen molar-refractivity contribution in [2.24, 2.45) is 5.92 Å². The van der Waals surface area contributed by atoms with E-state index in [1.165, 1.54) is 0 Å². The number of Topliss-reactive ketones (excluding diaryl/α,β-unsaturated/α-hetero) is 1. The van der Waals surface area contributed by atoms with E-state index in [0.717, 1.165) is 41.8 Å². The summed E-state index contributed by atoms with van der Waals surface area (Å²) in [5, 5.41) is 10.6. The Bertz CT molecular complexity index is 935. The highest BCUT2D eigenvalue weighted by atomic mass is 35.5. The Morgan fingerprint density at radius 2 is 1.89 bits per heavy atom. The lowest BCUT2D eigenvalue weighted by molar-refractivity contribution is 0.0964. The summed E-state index contributed by atoms with van der Waals surface area (Å²) >= 11 is 6.16. The number of carbonyl (C=O) groups excluding carboxylic acids is 1. The maximum Gasteiger partial charge on any atom is 0.173 e. The summed E-state index contributed by atoms with van der Waals surface area (Å²) in [5.74, 6) is 0.00981. The van der Waals surface area contributed by atoms with Crippen molar-refractivity contribution in [3.8, 4) is 5.75 Å². The number of fused-ring (bicyclic) bond motifs is 1. The average Bonchev–Trinajstić information content (AvgIpc) is 3.16.